The highest BCUT2D eigenvalue weighted by atomic mass is 31.0. The van der Waals surface area contributed by atoms with Gasteiger partial charge in [-0.15, -0.1) is 0 Å². The molecule has 7 heavy (non-hydrogen) atoms. The lowest BCUT2D eigenvalue weighted by Crippen LogP contribution is -1.89. The largest absolute Gasteiger partial charge is 0.280 e. The summed E-state index contributed by atoms with van der Waals surface area (Å²) in [7, 11) is 2.32. The fourth-order valence-corrected chi connectivity index (χ4v) is 0.546. The fraction of sp³-hybridized carbons (Fsp3) is 0.800. The molecule has 0 aromatic rings. The molecular formula is C5H12NP. The van der Waals surface area contributed by atoms with E-state index in [-0.39, 0.29) is 0 Å². The van der Waals surface area contributed by atoms with Crippen molar-refractivity contribution in [2.24, 2.45) is 10.7 Å². The average molecular weight is 117 g/mol. The van der Waals surface area contributed by atoms with E-state index in [1.807, 2.05) is 6.21 Å². The Morgan fingerprint density at radius 1 is 1.86 bits per heavy atom. The summed E-state index contributed by atoms with van der Waals surface area (Å²) in [6.07, 6.45) is 3.11. The molecule has 0 fully saturated rings. The van der Waals surface area contributed by atoms with Gasteiger partial charge in [0.2, 0.25) is 0 Å². The van der Waals surface area contributed by atoms with Crippen LogP contribution in [0.25, 0.3) is 0 Å². The molecule has 0 amide bonds. The van der Waals surface area contributed by atoms with Gasteiger partial charge in [-0.3, -0.25) is 4.76 Å². The van der Waals surface area contributed by atoms with Crippen LogP contribution in [0.2, 0.25) is 0 Å². The first kappa shape index (κ1) is 7.10. The van der Waals surface area contributed by atoms with Gasteiger partial charge in [-0.1, -0.05) is 13.8 Å². The molecule has 0 N–H and O–H groups in total. The van der Waals surface area contributed by atoms with E-state index in [4.69, 9.17) is 0 Å². The first-order valence-electron chi connectivity index (χ1n) is 2.54. The Morgan fingerprint density at radius 2 is 2.43 bits per heavy atom. The molecule has 0 aliphatic rings. The summed E-state index contributed by atoms with van der Waals surface area (Å²) in [6.45, 7) is 4.30. The minimum absolute atomic E-state index is 0.637. The number of nitrogens with zero attached hydrogens (tertiary/aromatic N) is 1. The van der Waals surface area contributed by atoms with Crippen molar-refractivity contribution in [3.05, 3.63) is 0 Å². The van der Waals surface area contributed by atoms with Gasteiger partial charge in [0.05, 0.1) is 0 Å². The van der Waals surface area contributed by atoms with Crippen LogP contribution in [0.15, 0.2) is 4.76 Å². The second-order valence-electron chi connectivity index (χ2n) is 1.68. The zero-order chi connectivity index (χ0) is 5.70. The quantitative estimate of drug-likeness (QED) is 0.387. The molecule has 0 spiro atoms. The lowest BCUT2D eigenvalue weighted by Gasteiger charge is -1.94. The van der Waals surface area contributed by atoms with Gasteiger partial charge < -0.3 is 0 Å². The van der Waals surface area contributed by atoms with E-state index in [2.05, 4.69) is 28.0 Å². The zero-order valence-electron chi connectivity index (χ0n) is 4.89. The molecule has 42 valence electrons. The highest BCUT2D eigenvalue weighted by Crippen LogP contribution is 1.96. The SMILES string of the molecule is CCC(C)C=NP. The molecule has 0 rings (SSSR count). The lowest BCUT2D eigenvalue weighted by molar-refractivity contribution is 0.756. The molecule has 0 aliphatic heterocycles. The first-order valence-corrected chi connectivity index (χ1v) is 3.06. The van der Waals surface area contributed by atoms with E-state index in [0.29, 0.717) is 5.92 Å². The van der Waals surface area contributed by atoms with Crippen LogP contribution < -0.4 is 0 Å². The highest BCUT2D eigenvalue weighted by Gasteiger charge is 1.87. The van der Waals surface area contributed by atoms with Crippen LogP contribution in [0, 0.1) is 5.92 Å². The van der Waals surface area contributed by atoms with Crippen LogP contribution in [0.4, 0.5) is 0 Å². The molecule has 0 aromatic heterocycles. The van der Waals surface area contributed by atoms with E-state index in [1.54, 1.807) is 0 Å². The molecule has 0 radical (unpaired) electrons. The van der Waals surface area contributed by atoms with E-state index in [9.17, 15) is 0 Å². The molecule has 0 aliphatic carbocycles. The molecule has 2 atom stereocenters. The Morgan fingerprint density at radius 3 is 2.57 bits per heavy atom. The van der Waals surface area contributed by atoms with Gasteiger partial charge in [-0.05, 0) is 21.7 Å². The maximum absolute atomic E-state index is 3.80. The Labute approximate surface area is 47.5 Å². The van der Waals surface area contributed by atoms with Gasteiger partial charge >= 0.3 is 0 Å². The van der Waals surface area contributed by atoms with Gasteiger partial charge in [0.25, 0.3) is 0 Å². The predicted molar refractivity (Wildman–Crippen MR) is 37.7 cm³/mol. The maximum Gasteiger partial charge on any atom is 0.00526 e. The van der Waals surface area contributed by atoms with Crippen LogP contribution in [-0.2, 0) is 0 Å². The molecule has 0 bridgehead atoms. The van der Waals surface area contributed by atoms with E-state index < -0.39 is 0 Å². The molecule has 1 nitrogen and oxygen atoms in total. The summed E-state index contributed by atoms with van der Waals surface area (Å²) in [6, 6.07) is 0. The van der Waals surface area contributed by atoms with Crippen molar-refractivity contribution in [2.45, 2.75) is 20.3 Å². The van der Waals surface area contributed by atoms with Crippen LogP contribution in [0.5, 0.6) is 0 Å². The number of rotatable bonds is 2. The second-order valence-corrected chi connectivity index (χ2v) is 1.98. The third-order valence-electron chi connectivity index (χ3n) is 0.984. The Hall–Kier alpha value is 0.100. The second kappa shape index (κ2) is 4.26. The number of hydrogen-bond donors (Lipinski definition) is 0. The standard InChI is InChI=1S/C5H12NP/c1-3-5(2)4-6-7/h4-5H,3,7H2,1-2H3. The molecule has 0 saturated heterocycles. The van der Waals surface area contributed by atoms with Crippen molar-refractivity contribution >= 4 is 15.6 Å². The molecule has 2 unspecified atom stereocenters. The summed E-state index contributed by atoms with van der Waals surface area (Å²) in [5.74, 6) is 0.637. The fourth-order valence-electron chi connectivity index (χ4n) is 0.252. The summed E-state index contributed by atoms with van der Waals surface area (Å²) in [5.41, 5.74) is 0. The van der Waals surface area contributed by atoms with E-state index in [1.165, 1.54) is 6.42 Å². The molecule has 0 saturated carbocycles. The number of hydrogen-bond acceptors (Lipinski definition) is 1. The maximum atomic E-state index is 3.80. The van der Waals surface area contributed by atoms with Gasteiger partial charge in [0, 0.05) is 6.21 Å². The molecule has 0 heterocycles. The minimum Gasteiger partial charge on any atom is -0.280 e. The van der Waals surface area contributed by atoms with Crippen LogP contribution in [-0.4, -0.2) is 6.21 Å². The smallest absolute Gasteiger partial charge is 0.00526 e. The van der Waals surface area contributed by atoms with Gasteiger partial charge in [0.1, 0.15) is 0 Å². The monoisotopic (exact) mass is 117 g/mol. The van der Waals surface area contributed by atoms with Crippen LogP contribution in [0.3, 0.4) is 0 Å². The molecule has 2 heteroatoms. The van der Waals surface area contributed by atoms with Gasteiger partial charge in [0.15, 0.2) is 0 Å². The third-order valence-corrected chi connectivity index (χ3v) is 1.16. The van der Waals surface area contributed by atoms with Gasteiger partial charge in [-0.2, -0.15) is 0 Å². The summed E-state index contributed by atoms with van der Waals surface area (Å²) < 4.78 is 3.80. The van der Waals surface area contributed by atoms with Crippen molar-refractivity contribution in [2.75, 3.05) is 0 Å². The third kappa shape index (κ3) is 3.94. The van der Waals surface area contributed by atoms with E-state index in [0.717, 1.165) is 0 Å². The summed E-state index contributed by atoms with van der Waals surface area (Å²) >= 11 is 0. The first-order chi connectivity index (χ1) is 3.31. The van der Waals surface area contributed by atoms with Crippen molar-refractivity contribution in [1.82, 2.24) is 0 Å². The Kier molecular flexibility index (Phi) is 4.32. The van der Waals surface area contributed by atoms with Gasteiger partial charge in [-0.25, -0.2) is 0 Å². The van der Waals surface area contributed by atoms with Crippen molar-refractivity contribution in [1.29, 1.82) is 0 Å². The Bertz CT molecular complexity index is 61.1. The average Bonchev–Trinajstić information content (AvgIpc) is 1.68. The lowest BCUT2D eigenvalue weighted by atomic mass is 10.1. The molecule has 0 aromatic carbocycles. The Balaban J connectivity index is 3.16. The van der Waals surface area contributed by atoms with E-state index >= 15 is 0 Å². The van der Waals surface area contributed by atoms with Crippen molar-refractivity contribution < 1.29 is 0 Å². The van der Waals surface area contributed by atoms with Crippen molar-refractivity contribution in [3.8, 4) is 0 Å². The highest BCUT2D eigenvalue weighted by molar-refractivity contribution is 7.14. The molecular weight excluding hydrogens is 105 g/mol. The van der Waals surface area contributed by atoms with Crippen molar-refractivity contribution in [3.63, 3.8) is 0 Å². The summed E-state index contributed by atoms with van der Waals surface area (Å²) in [4.78, 5) is 0. The normalized spacial score (nSPS) is 15.3. The minimum atomic E-state index is 0.637. The van der Waals surface area contributed by atoms with Crippen LogP contribution >= 0.6 is 9.39 Å². The predicted octanol–water partition coefficient (Wildman–Crippen LogP) is 1.89. The summed E-state index contributed by atoms with van der Waals surface area (Å²) in [5, 5.41) is 0. The zero-order valence-corrected chi connectivity index (χ0v) is 6.04. The van der Waals surface area contributed by atoms with Crippen LogP contribution in [0.1, 0.15) is 20.3 Å². The topological polar surface area (TPSA) is 12.4 Å².